The molecule has 0 aliphatic carbocycles. The SMILES string of the molecule is Cc1cn(C)c(C2CCCN2C(=O)c2cccc3ncccc23)n1. The molecule has 1 saturated heterocycles. The highest BCUT2D eigenvalue weighted by molar-refractivity contribution is 6.06. The molecule has 1 atom stereocenters. The van der Waals surface area contributed by atoms with Gasteiger partial charge in [0.05, 0.1) is 17.3 Å². The smallest absolute Gasteiger partial charge is 0.255 e. The number of benzene rings is 1. The summed E-state index contributed by atoms with van der Waals surface area (Å²) < 4.78 is 2.04. The molecule has 1 aliphatic rings. The maximum atomic E-state index is 13.2. The summed E-state index contributed by atoms with van der Waals surface area (Å²) in [5.74, 6) is 1.04. The first-order valence-electron chi connectivity index (χ1n) is 8.30. The summed E-state index contributed by atoms with van der Waals surface area (Å²) in [5, 5.41) is 0.909. The van der Waals surface area contributed by atoms with Crippen molar-refractivity contribution in [1.29, 1.82) is 0 Å². The van der Waals surface area contributed by atoms with Crippen LogP contribution in [0.2, 0.25) is 0 Å². The highest BCUT2D eigenvalue weighted by Crippen LogP contribution is 2.33. The number of fused-ring (bicyclic) bond motifs is 1. The number of carbonyl (C=O) groups excluding carboxylic acids is 1. The van der Waals surface area contributed by atoms with Gasteiger partial charge in [-0.2, -0.15) is 0 Å². The molecule has 2 aromatic heterocycles. The number of pyridine rings is 1. The van der Waals surface area contributed by atoms with Crippen LogP contribution in [0.3, 0.4) is 0 Å². The molecule has 1 fully saturated rings. The number of rotatable bonds is 2. The molecule has 0 N–H and O–H groups in total. The maximum absolute atomic E-state index is 13.2. The molecule has 0 saturated carbocycles. The Balaban J connectivity index is 1.74. The minimum atomic E-state index is 0.0446. The van der Waals surface area contributed by atoms with Crippen molar-refractivity contribution in [3.8, 4) is 0 Å². The lowest BCUT2D eigenvalue weighted by Crippen LogP contribution is -2.32. The summed E-state index contributed by atoms with van der Waals surface area (Å²) in [6, 6.07) is 9.62. The summed E-state index contributed by atoms with van der Waals surface area (Å²) in [6.07, 6.45) is 5.73. The minimum absolute atomic E-state index is 0.0446. The van der Waals surface area contributed by atoms with Crippen molar-refractivity contribution < 1.29 is 4.79 Å². The molecule has 0 bridgehead atoms. The van der Waals surface area contributed by atoms with E-state index in [1.165, 1.54) is 0 Å². The number of hydrogen-bond donors (Lipinski definition) is 0. The third kappa shape index (κ3) is 2.37. The third-order valence-electron chi connectivity index (χ3n) is 4.72. The molecule has 0 spiro atoms. The molecular formula is C19H20N4O. The number of likely N-dealkylation sites (tertiary alicyclic amines) is 1. The van der Waals surface area contributed by atoms with Crippen molar-refractivity contribution in [2.24, 2.45) is 7.05 Å². The van der Waals surface area contributed by atoms with Gasteiger partial charge in [-0.3, -0.25) is 9.78 Å². The molecule has 1 unspecified atom stereocenters. The summed E-state index contributed by atoms with van der Waals surface area (Å²) in [5.41, 5.74) is 2.56. The summed E-state index contributed by atoms with van der Waals surface area (Å²) in [7, 11) is 2.00. The normalized spacial score (nSPS) is 17.6. The van der Waals surface area contributed by atoms with E-state index in [-0.39, 0.29) is 11.9 Å². The molecule has 1 aliphatic heterocycles. The topological polar surface area (TPSA) is 51.0 Å². The first kappa shape index (κ1) is 14.9. The Morgan fingerprint density at radius 2 is 2.12 bits per heavy atom. The fraction of sp³-hybridized carbons (Fsp3) is 0.316. The molecule has 5 nitrogen and oxygen atoms in total. The monoisotopic (exact) mass is 320 g/mol. The van der Waals surface area contributed by atoms with Crippen molar-refractivity contribution in [3.63, 3.8) is 0 Å². The summed E-state index contributed by atoms with van der Waals surface area (Å²) >= 11 is 0. The van der Waals surface area contributed by atoms with Crippen LogP contribution >= 0.6 is 0 Å². The van der Waals surface area contributed by atoms with E-state index < -0.39 is 0 Å². The van der Waals surface area contributed by atoms with Crippen LogP contribution in [0.15, 0.2) is 42.7 Å². The van der Waals surface area contributed by atoms with E-state index in [9.17, 15) is 4.79 Å². The average molecular weight is 320 g/mol. The van der Waals surface area contributed by atoms with Gasteiger partial charge < -0.3 is 9.47 Å². The van der Waals surface area contributed by atoms with Crippen LogP contribution in [-0.2, 0) is 7.05 Å². The van der Waals surface area contributed by atoms with E-state index >= 15 is 0 Å². The van der Waals surface area contributed by atoms with Crippen LogP contribution in [0, 0.1) is 6.92 Å². The second-order valence-electron chi connectivity index (χ2n) is 6.38. The Bertz CT molecular complexity index is 909. The Morgan fingerprint density at radius 1 is 1.25 bits per heavy atom. The number of aromatic nitrogens is 3. The first-order valence-corrected chi connectivity index (χ1v) is 8.30. The van der Waals surface area contributed by atoms with E-state index in [0.29, 0.717) is 0 Å². The molecule has 3 heterocycles. The van der Waals surface area contributed by atoms with Crippen LogP contribution in [0.4, 0.5) is 0 Å². The zero-order chi connectivity index (χ0) is 16.7. The molecule has 5 heteroatoms. The lowest BCUT2D eigenvalue weighted by atomic mass is 10.1. The number of carbonyl (C=O) groups is 1. The Hall–Kier alpha value is -2.69. The molecule has 1 amide bonds. The van der Waals surface area contributed by atoms with Crippen LogP contribution in [-0.4, -0.2) is 31.9 Å². The summed E-state index contributed by atoms with van der Waals surface area (Å²) in [4.78, 5) is 24.2. The number of nitrogens with zero attached hydrogens (tertiary/aromatic N) is 4. The predicted octanol–water partition coefficient (Wildman–Crippen LogP) is 3.25. The third-order valence-corrected chi connectivity index (χ3v) is 4.72. The minimum Gasteiger partial charge on any atom is -0.336 e. The quantitative estimate of drug-likeness (QED) is 0.728. The second-order valence-corrected chi connectivity index (χ2v) is 6.38. The standard InChI is InChI=1S/C19H20N4O/c1-13-12-22(2)18(21-13)17-9-5-11-23(17)19(24)15-6-3-8-16-14(15)7-4-10-20-16/h3-4,6-8,10,12,17H,5,9,11H2,1-2H3. The van der Waals surface area contributed by atoms with Gasteiger partial charge in [0.2, 0.25) is 0 Å². The molecule has 3 aromatic rings. The van der Waals surface area contributed by atoms with Crippen molar-refractivity contribution >= 4 is 16.8 Å². The van der Waals surface area contributed by atoms with Gasteiger partial charge in [-0.25, -0.2) is 4.98 Å². The zero-order valence-corrected chi connectivity index (χ0v) is 13.9. The van der Waals surface area contributed by atoms with Gasteiger partial charge in [0.1, 0.15) is 5.82 Å². The summed E-state index contributed by atoms with van der Waals surface area (Å²) in [6.45, 7) is 2.76. The van der Waals surface area contributed by atoms with Crippen LogP contribution in [0.25, 0.3) is 10.9 Å². The van der Waals surface area contributed by atoms with Crippen molar-refractivity contribution in [1.82, 2.24) is 19.4 Å². The Labute approximate surface area is 140 Å². The van der Waals surface area contributed by atoms with Crippen molar-refractivity contribution in [2.75, 3.05) is 6.54 Å². The molecule has 0 radical (unpaired) electrons. The van der Waals surface area contributed by atoms with Crippen LogP contribution in [0.5, 0.6) is 0 Å². The van der Waals surface area contributed by atoms with Crippen molar-refractivity contribution in [2.45, 2.75) is 25.8 Å². The molecule has 122 valence electrons. The average Bonchev–Trinajstić information content (AvgIpc) is 3.19. The van der Waals surface area contributed by atoms with Gasteiger partial charge in [-0.15, -0.1) is 0 Å². The van der Waals surface area contributed by atoms with Crippen LogP contribution in [0.1, 0.15) is 40.8 Å². The first-order chi connectivity index (χ1) is 11.6. The Morgan fingerprint density at radius 3 is 2.92 bits per heavy atom. The number of hydrogen-bond acceptors (Lipinski definition) is 3. The van der Waals surface area contributed by atoms with Gasteiger partial charge in [-0.1, -0.05) is 12.1 Å². The van der Waals surface area contributed by atoms with Gasteiger partial charge in [-0.05, 0) is 38.0 Å². The number of imidazole rings is 1. The number of aryl methyl sites for hydroxylation is 2. The van der Waals surface area contributed by atoms with E-state index in [1.54, 1.807) is 6.20 Å². The molecule has 24 heavy (non-hydrogen) atoms. The highest BCUT2D eigenvalue weighted by Gasteiger charge is 2.33. The fourth-order valence-corrected chi connectivity index (χ4v) is 3.67. The van der Waals surface area contributed by atoms with Gasteiger partial charge in [0.25, 0.3) is 5.91 Å². The molecule has 1 aromatic carbocycles. The second kappa shape index (κ2) is 5.74. The lowest BCUT2D eigenvalue weighted by molar-refractivity contribution is 0.0730. The molecular weight excluding hydrogens is 300 g/mol. The number of amides is 1. The molecule has 4 rings (SSSR count). The fourth-order valence-electron chi connectivity index (χ4n) is 3.67. The van der Waals surface area contributed by atoms with E-state index in [1.807, 2.05) is 60.0 Å². The van der Waals surface area contributed by atoms with E-state index in [0.717, 1.165) is 47.4 Å². The zero-order valence-electron chi connectivity index (χ0n) is 13.9. The largest absolute Gasteiger partial charge is 0.336 e. The van der Waals surface area contributed by atoms with Gasteiger partial charge >= 0.3 is 0 Å². The van der Waals surface area contributed by atoms with Crippen molar-refractivity contribution in [3.05, 3.63) is 59.8 Å². The van der Waals surface area contributed by atoms with Gasteiger partial charge in [0, 0.05) is 36.9 Å². The highest BCUT2D eigenvalue weighted by atomic mass is 16.2. The predicted molar refractivity (Wildman–Crippen MR) is 92.7 cm³/mol. The lowest BCUT2D eigenvalue weighted by Gasteiger charge is -2.25. The van der Waals surface area contributed by atoms with Gasteiger partial charge in [0.15, 0.2) is 0 Å². The Kier molecular flexibility index (Phi) is 3.56. The maximum Gasteiger partial charge on any atom is 0.255 e. The van der Waals surface area contributed by atoms with Crippen LogP contribution < -0.4 is 0 Å². The van der Waals surface area contributed by atoms with E-state index in [2.05, 4.69) is 9.97 Å². The van der Waals surface area contributed by atoms with E-state index in [4.69, 9.17) is 0 Å².